The normalized spacial score (nSPS) is 11.2. The average Bonchev–Trinajstić information content (AvgIpc) is 2.97. The molecule has 0 saturated heterocycles. The molecular weight excluding hydrogens is 679 g/mol. The number of aromatic nitrogens is 2. The second-order valence-corrected chi connectivity index (χ2v) is 9.55. The summed E-state index contributed by atoms with van der Waals surface area (Å²) in [4.78, 5) is 8.99. The average molecular weight is 699 g/mol. The number of halogens is 2. The van der Waals surface area contributed by atoms with E-state index in [4.69, 9.17) is 4.98 Å². The second-order valence-electron chi connectivity index (χ2n) is 9.55. The molecule has 0 saturated carbocycles. The molecule has 0 atom stereocenters. The van der Waals surface area contributed by atoms with E-state index in [1.54, 1.807) is 12.3 Å². The summed E-state index contributed by atoms with van der Waals surface area (Å²) in [5.74, 6) is -0.722. The number of hydrogen-bond donors (Lipinski definition) is 0. The van der Waals surface area contributed by atoms with Crippen molar-refractivity contribution in [3.8, 4) is 11.3 Å². The quantitative estimate of drug-likeness (QED) is 0.0971. The molecule has 40 heavy (non-hydrogen) atoms. The minimum absolute atomic E-state index is 0. The van der Waals surface area contributed by atoms with Crippen molar-refractivity contribution < 1.29 is 28.9 Å². The van der Waals surface area contributed by atoms with E-state index in [0.717, 1.165) is 60.2 Å². The third-order valence-electron chi connectivity index (χ3n) is 7.09. The van der Waals surface area contributed by atoms with Crippen molar-refractivity contribution in [1.29, 1.82) is 0 Å². The fourth-order valence-electron chi connectivity index (χ4n) is 5.53. The predicted molar refractivity (Wildman–Crippen MR) is 155 cm³/mol. The van der Waals surface area contributed by atoms with Gasteiger partial charge in [0.2, 0.25) is 0 Å². The molecule has 0 unspecified atom stereocenters. The van der Waals surface area contributed by atoms with Gasteiger partial charge in [0.05, 0.1) is 0 Å². The summed E-state index contributed by atoms with van der Waals surface area (Å²) < 4.78 is 28.6. The Labute approximate surface area is 243 Å². The van der Waals surface area contributed by atoms with E-state index in [2.05, 4.69) is 29.2 Å². The van der Waals surface area contributed by atoms with Gasteiger partial charge >= 0.3 is 0 Å². The molecule has 8 aromatic rings. The molecule has 0 amide bonds. The molecule has 2 nitrogen and oxygen atoms in total. The van der Waals surface area contributed by atoms with Gasteiger partial charge in [-0.1, -0.05) is 41.8 Å². The Morgan fingerprint density at radius 3 is 2.02 bits per heavy atom. The number of hydrogen-bond acceptors (Lipinski definition) is 2. The summed E-state index contributed by atoms with van der Waals surface area (Å²) in [5.41, 5.74) is 3.68. The molecule has 195 valence electrons. The van der Waals surface area contributed by atoms with Crippen LogP contribution in [0, 0.1) is 30.7 Å². The van der Waals surface area contributed by atoms with Crippen molar-refractivity contribution in [3.05, 3.63) is 133 Å². The molecule has 0 aliphatic heterocycles. The number of rotatable bonds is 1. The molecule has 1 radical (unpaired) electrons. The van der Waals surface area contributed by atoms with E-state index < -0.39 is 0 Å². The maximum absolute atomic E-state index is 14.6. The fraction of sp³-hybridized carbons (Fsp3) is 0.0286. The Bertz CT molecular complexity index is 2110. The smallest absolute Gasteiger partial charge is 0.123 e. The van der Waals surface area contributed by atoms with Crippen molar-refractivity contribution in [2.45, 2.75) is 6.92 Å². The standard InChI is InChI=1S/C24H12F2N.C11H8N.Ir/c1-12-8-19-15-4-2-3-5-16(15)20-10-14(26)11-21-18-9-13(25)6-7-17(18)24(27-12)23(19)22(20)21;1-2-6-10(7-3-1)11-8-4-5-9-12-11;/h2-6,8-11H,1H3;1-6,8-9H;/q2*-1;. The molecule has 6 aromatic carbocycles. The molecule has 5 heteroatoms. The zero-order chi connectivity index (χ0) is 26.5. The van der Waals surface area contributed by atoms with Gasteiger partial charge in [0.15, 0.2) is 0 Å². The van der Waals surface area contributed by atoms with E-state index >= 15 is 0 Å². The van der Waals surface area contributed by atoms with Crippen LogP contribution in [-0.2, 0) is 20.1 Å². The molecule has 2 heterocycles. The largest absolute Gasteiger partial charge is 0.305 e. The summed E-state index contributed by atoms with van der Waals surface area (Å²) in [6, 6.07) is 35.8. The summed E-state index contributed by atoms with van der Waals surface area (Å²) in [5, 5.41) is 7.94. The second kappa shape index (κ2) is 10.3. The Kier molecular flexibility index (Phi) is 6.71. The zero-order valence-corrected chi connectivity index (χ0v) is 23.7. The van der Waals surface area contributed by atoms with Gasteiger partial charge < -0.3 is 9.97 Å². The van der Waals surface area contributed by atoms with Gasteiger partial charge in [-0.05, 0) is 80.1 Å². The number of benzene rings is 6. The van der Waals surface area contributed by atoms with E-state index in [9.17, 15) is 8.78 Å². The van der Waals surface area contributed by atoms with E-state index in [0.29, 0.717) is 10.8 Å². The third-order valence-corrected chi connectivity index (χ3v) is 7.09. The Morgan fingerprint density at radius 1 is 0.650 bits per heavy atom. The van der Waals surface area contributed by atoms with Crippen LogP contribution in [0.3, 0.4) is 0 Å². The van der Waals surface area contributed by atoms with E-state index in [1.165, 1.54) is 18.2 Å². The zero-order valence-electron chi connectivity index (χ0n) is 21.3. The first-order valence-electron chi connectivity index (χ1n) is 12.6. The maximum Gasteiger partial charge on any atom is 0.123 e. The van der Waals surface area contributed by atoms with Crippen LogP contribution in [0.15, 0.2) is 103 Å². The summed E-state index contributed by atoms with van der Waals surface area (Å²) in [6.45, 7) is 1.96. The first-order valence-corrected chi connectivity index (χ1v) is 12.6. The van der Waals surface area contributed by atoms with Crippen LogP contribution >= 0.6 is 0 Å². The first kappa shape index (κ1) is 25.9. The molecule has 0 spiro atoms. The van der Waals surface area contributed by atoms with Crippen molar-refractivity contribution in [3.63, 3.8) is 0 Å². The summed E-state index contributed by atoms with van der Waals surface area (Å²) in [7, 11) is 0. The van der Waals surface area contributed by atoms with Gasteiger partial charge in [-0.25, -0.2) is 4.39 Å². The van der Waals surface area contributed by atoms with Crippen LogP contribution in [0.1, 0.15) is 5.69 Å². The molecular formula is C35H20F2IrN2-2. The summed E-state index contributed by atoms with van der Waals surface area (Å²) >= 11 is 0. The number of pyridine rings is 2. The van der Waals surface area contributed by atoms with Crippen molar-refractivity contribution in [2.24, 2.45) is 0 Å². The fourth-order valence-corrected chi connectivity index (χ4v) is 5.53. The molecule has 2 aromatic heterocycles. The monoisotopic (exact) mass is 699 g/mol. The molecule has 0 N–H and O–H groups in total. The topological polar surface area (TPSA) is 25.8 Å². The Morgan fingerprint density at radius 2 is 1.32 bits per heavy atom. The van der Waals surface area contributed by atoms with Crippen LogP contribution in [0.4, 0.5) is 8.78 Å². The van der Waals surface area contributed by atoms with Gasteiger partial charge in [0, 0.05) is 37.8 Å². The number of nitrogens with zero attached hydrogens (tertiary/aromatic N) is 2. The van der Waals surface area contributed by atoms with Crippen LogP contribution in [0.2, 0.25) is 0 Å². The number of fused-ring (bicyclic) bond motifs is 6. The minimum Gasteiger partial charge on any atom is -0.305 e. The van der Waals surface area contributed by atoms with Gasteiger partial charge in [-0.2, -0.15) is 0 Å². The van der Waals surface area contributed by atoms with Crippen LogP contribution in [-0.4, -0.2) is 9.97 Å². The van der Waals surface area contributed by atoms with Crippen molar-refractivity contribution in [1.82, 2.24) is 9.97 Å². The maximum atomic E-state index is 14.6. The van der Waals surface area contributed by atoms with Crippen LogP contribution < -0.4 is 0 Å². The molecule has 0 aliphatic rings. The van der Waals surface area contributed by atoms with Crippen molar-refractivity contribution >= 4 is 54.0 Å². The van der Waals surface area contributed by atoms with Gasteiger partial charge in [-0.3, -0.25) is 4.39 Å². The van der Waals surface area contributed by atoms with Crippen LogP contribution in [0.5, 0.6) is 0 Å². The van der Waals surface area contributed by atoms with Gasteiger partial charge in [0.25, 0.3) is 0 Å². The first-order chi connectivity index (χ1) is 19.1. The van der Waals surface area contributed by atoms with Crippen molar-refractivity contribution in [2.75, 3.05) is 0 Å². The molecule has 8 rings (SSSR count). The SMILES string of the molecule is Cc1cc2c3ccccc3c3cc(F)cc4c5cc(F)c[c-]c5c(n1)c2c43.[Ir].[c-]1ccccc1-c1ccccn1. The third kappa shape index (κ3) is 4.28. The van der Waals surface area contributed by atoms with Gasteiger partial charge in [-0.15, -0.1) is 59.5 Å². The minimum atomic E-state index is -0.390. The predicted octanol–water partition coefficient (Wildman–Crippen LogP) is 9.22. The van der Waals surface area contributed by atoms with E-state index in [1.807, 2.05) is 67.6 Å². The molecule has 0 fully saturated rings. The van der Waals surface area contributed by atoms with Crippen LogP contribution in [0.25, 0.3) is 65.3 Å². The summed E-state index contributed by atoms with van der Waals surface area (Å²) in [6.07, 6.45) is 1.79. The molecule has 0 aliphatic carbocycles. The number of aryl methyl sites for hydroxylation is 1. The Balaban J connectivity index is 0.000000188. The van der Waals surface area contributed by atoms with Gasteiger partial charge in [0.1, 0.15) is 5.82 Å². The van der Waals surface area contributed by atoms with E-state index in [-0.39, 0.29) is 31.7 Å². The Hall–Kier alpha value is -4.31. The molecule has 0 bridgehead atoms.